The van der Waals surface area contributed by atoms with Crippen molar-refractivity contribution in [3.8, 4) is 0 Å². The van der Waals surface area contributed by atoms with E-state index in [-0.39, 0.29) is 18.6 Å². The normalized spacial score (nSPS) is 14.3. The molecule has 0 spiro atoms. The van der Waals surface area contributed by atoms with E-state index in [0.29, 0.717) is 0 Å². The quantitative estimate of drug-likeness (QED) is 0.394. The lowest BCUT2D eigenvalue weighted by Gasteiger charge is -2.16. The smallest absolute Gasteiger partial charge is 0.393 e. The third-order valence-electron chi connectivity index (χ3n) is 2.01. The van der Waals surface area contributed by atoms with Gasteiger partial charge in [0.05, 0.1) is 20.0 Å². The van der Waals surface area contributed by atoms with E-state index < -0.39 is 11.5 Å². The van der Waals surface area contributed by atoms with Gasteiger partial charge < -0.3 is 4.74 Å². The predicted octanol–water partition coefficient (Wildman–Crippen LogP) is 1.76. The van der Waals surface area contributed by atoms with Gasteiger partial charge in [-0.2, -0.15) is 0 Å². The zero-order valence-electron chi connectivity index (χ0n) is 9.24. The molecule has 0 aliphatic rings. The molecule has 0 fully saturated rings. The average Bonchev–Trinajstić information content (AvgIpc) is 2.22. The van der Waals surface area contributed by atoms with Crippen LogP contribution in [0.2, 0.25) is 0 Å². The maximum absolute atomic E-state index is 11.5. The number of ketones is 1. The zero-order valence-corrected chi connectivity index (χ0v) is 9.24. The molecule has 0 unspecified atom stereocenters. The summed E-state index contributed by atoms with van der Waals surface area (Å²) in [5.41, 5.74) is -1.38. The number of methoxy groups -OCH3 is 1. The van der Waals surface area contributed by atoms with Crippen LogP contribution in [0.4, 0.5) is 0 Å². The van der Waals surface area contributed by atoms with Crippen molar-refractivity contribution < 1.29 is 14.3 Å². The molecule has 0 saturated heterocycles. The van der Waals surface area contributed by atoms with Crippen molar-refractivity contribution in [1.82, 2.24) is 0 Å². The van der Waals surface area contributed by atoms with E-state index in [1.807, 2.05) is 0 Å². The van der Waals surface area contributed by atoms with E-state index in [1.165, 1.54) is 14.0 Å². The van der Waals surface area contributed by atoms with Gasteiger partial charge in [-0.1, -0.05) is 12.2 Å². The lowest BCUT2D eigenvalue weighted by atomic mass is 9.90. The summed E-state index contributed by atoms with van der Waals surface area (Å²) in [7, 11) is 1.22. The third kappa shape index (κ3) is 3.55. The Labute approximate surface area is 89.7 Å². The standard InChI is InChI=1S/C11H15NO3/c1-5-6-7-11(12-3,8-9(2)13)10(14)15-4/h5-6H,7-8H2,1-2,4H3/t11-/m1/s1. The number of Topliss-reactive ketones (excluding diaryl/α,β-unsaturated/α-hetero) is 1. The third-order valence-corrected chi connectivity index (χ3v) is 2.01. The first kappa shape index (κ1) is 13.4. The Kier molecular flexibility index (Phi) is 5.32. The van der Waals surface area contributed by atoms with Crippen molar-refractivity contribution in [2.24, 2.45) is 0 Å². The molecule has 1 atom stereocenters. The van der Waals surface area contributed by atoms with Crippen LogP contribution in [0.25, 0.3) is 4.85 Å². The Morgan fingerprint density at radius 3 is 2.47 bits per heavy atom. The number of nitrogens with zero attached hydrogens (tertiary/aromatic N) is 1. The molecule has 0 amide bonds. The number of ether oxygens (including phenoxy) is 1. The zero-order chi connectivity index (χ0) is 11.9. The minimum atomic E-state index is -1.38. The largest absolute Gasteiger partial charge is 0.463 e. The van der Waals surface area contributed by atoms with Crippen LogP contribution in [-0.4, -0.2) is 24.4 Å². The fraction of sp³-hybridized carbons (Fsp3) is 0.545. The molecule has 4 heteroatoms. The maximum atomic E-state index is 11.5. The summed E-state index contributed by atoms with van der Waals surface area (Å²) in [6.45, 7) is 10.2. The fourth-order valence-electron chi connectivity index (χ4n) is 1.27. The average molecular weight is 209 g/mol. The Morgan fingerprint density at radius 2 is 2.13 bits per heavy atom. The molecule has 4 nitrogen and oxygen atoms in total. The molecular formula is C11H15NO3. The molecule has 15 heavy (non-hydrogen) atoms. The summed E-state index contributed by atoms with van der Waals surface area (Å²) in [4.78, 5) is 25.8. The Bertz CT molecular complexity index is 314. The van der Waals surface area contributed by atoms with Gasteiger partial charge in [0, 0.05) is 0 Å². The van der Waals surface area contributed by atoms with Crippen molar-refractivity contribution in [2.75, 3.05) is 7.11 Å². The summed E-state index contributed by atoms with van der Waals surface area (Å²) in [5, 5.41) is 0. The highest BCUT2D eigenvalue weighted by atomic mass is 16.5. The highest BCUT2D eigenvalue weighted by Crippen LogP contribution is 2.24. The molecule has 0 aliphatic heterocycles. The molecule has 82 valence electrons. The van der Waals surface area contributed by atoms with E-state index in [4.69, 9.17) is 6.57 Å². The topological polar surface area (TPSA) is 47.7 Å². The minimum Gasteiger partial charge on any atom is -0.463 e. The van der Waals surface area contributed by atoms with E-state index in [0.717, 1.165) is 0 Å². The second kappa shape index (κ2) is 5.97. The highest BCUT2D eigenvalue weighted by molar-refractivity contribution is 5.90. The summed E-state index contributed by atoms with van der Waals surface area (Å²) < 4.78 is 4.57. The van der Waals surface area contributed by atoms with Crippen molar-refractivity contribution in [2.45, 2.75) is 32.2 Å². The summed E-state index contributed by atoms with van der Waals surface area (Å²) in [6, 6.07) is 0. The Balaban J connectivity index is 5.02. The second-order valence-corrected chi connectivity index (χ2v) is 3.29. The molecular weight excluding hydrogens is 194 g/mol. The van der Waals surface area contributed by atoms with Crippen LogP contribution in [0, 0.1) is 6.57 Å². The van der Waals surface area contributed by atoms with Crippen molar-refractivity contribution in [3.05, 3.63) is 23.6 Å². The second-order valence-electron chi connectivity index (χ2n) is 3.29. The van der Waals surface area contributed by atoms with E-state index >= 15 is 0 Å². The lowest BCUT2D eigenvalue weighted by Crippen LogP contribution is -2.37. The number of hydrogen-bond donors (Lipinski definition) is 0. The monoisotopic (exact) mass is 209 g/mol. The number of hydrogen-bond acceptors (Lipinski definition) is 3. The molecule has 0 radical (unpaired) electrons. The molecule has 0 rings (SSSR count). The minimum absolute atomic E-state index is 0.104. The molecule has 0 aromatic rings. The predicted molar refractivity (Wildman–Crippen MR) is 56.1 cm³/mol. The van der Waals surface area contributed by atoms with E-state index in [9.17, 15) is 9.59 Å². The highest BCUT2D eigenvalue weighted by Gasteiger charge is 2.46. The van der Waals surface area contributed by atoms with Crippen LogP contribution in [-0.2, 0) is 14.3 Å². The van der Waals surface area contributed by atoms with Gasteiger partial charge in [0.15, 0.2) is 0 Å². The first-order chi connectivity index (χ1) is 7.02. The molecule has 0 bridgehead atoms. The molecule has 0 heterocycles. The lowest BCUT2D eigenvalue weighted by molar-refractivity contribution is -0.146. The van der Waals surface area contributed by atoms with Crippen LogP contribution in [0.5, 0.6) is 0 Å². The number of allylic oxidation sites excluding steroid dienone is 1. The number of carbonyl (C=O) groups is 2. The van der Waals surface area contributed by atoms with Gasteiger partial charge >= 0.3 is 11.5 Å². The SMILES string of the molecule is [C-]#[N+][C@](CC=CC)(CC(C)=O)C(=O)OC. The molecule has 0 aliphatic carbocycles. The van der Waals surface area contributed by atoms with Gasteiger partial charge in [-0.05, 0) is 13.8 Å². The van der Waals surface area contributed by atoms with E-state index in [2.05, 4.69) is 9.58 Å². The first-order valence-electron chi connectivity index (χ1n) is 4.60. The van der Waals surface area contributed by atoms with Crippen LogP contribution in [0.15, 0.2) is 12.2 Å². The summed E-state index contributed by atoms with van der Waals surface area (Å²) in [5.74, 6) is -0.841. The summed E-state index contributed by atoms with van der Waals surface area (Å²) >= 11 is 0. The first-order valence-corrected chi connectivity index (χ1v) is 4.60. The molecule has 0 N–H and O–H groups in total. The van der Waals surface area contributed by atoms with Gasteiger partial charge in [-0.25, -0.2) is 11.4 Å². The fourth-order valence-corrected chi connectivity index (χ4v) is 1.27. The van der Waals surface area contributed by atoms with Crippen LogP contribution >= 0.6 is 0 Å². The molecule has 0 aromatic heterocycles. The number of carbonyl (C=O) groups excluding carboxylic acids is 2. The van der Waals surface area contributed by atoms with Gasteiger partial charge in [0.1, 0.15) is 5.78 Å². The van der Waals surface area contributed by atoms with Gasteiger partial charge in [-0.3, -0.25) is 9.64 Å². The van der Waals surface area contributed by atoms with Gasteiger partial charge in [0.2, 0.25) is 0 Å². The van der Waals surface area contributed by atoms with Gasteiger partial charge in [-0.15, -0.1) is 0 Å². The van der Waals surface area contributed by atoms with Crippen molar-refractivity contribution >= 4 is 11.8 Å². The maximum Gasteiger partial charge on any atom is 0.393 e. The van der Waals surface area contributed by atoms with Gasteiger partial charge in [0.25, 0.3) is 0 Å². The van der Waals surface area contributed by atoms with Crippen LogP contribution in [0.3, 0.4) is 0 Å². The Hall–Kier alpha value is -1.63. The summed E-state index contributed by atoms with van der Waals surface area (Å²) in [6.07, 6.45) is 3.54. The van der Waals surface area contributed by atoms with Crippen LogP contribution < -0.4 is 0 Å². The van der Waals surface area contributed by atoms with Crippen LogP contribution in [0.1, 0.15) is 26.7 Å². The van der Waals surface area contributed by atoms with E-state index in [1.54, 1.807) is 19.1 Å². The molecule has 0 saturated carbocycles. The number of esters is 1. The van der Waals surface area contributed by atoms with Crippen molar-refractivity contribution in [1.29, 1.82) is 0 Å². The Morgan fingerprint density at radius 1 is 1.53 bits per heavy atom. The number of rotatable bonds is 5. The molecule has 0 aromatic carbocycles. The van der Waals surface area contributed by atoms with Crippen molar-refractivity contribution in [3.63, 3.8) is 0 Å².